The van der Waals surface area contributed by atoms with Crippen molar-refractivity contribution in [1.82, 2.24) is 15.0 Å². The van der Waals surface area contributed by atoms with Gasteiger partial charge in [-0.1, -0.05) is 70.3 Å². The van der Waals surface area contributed by atoms with Gasteiger partial charge in [-0.3, -0.25) is 4.79 Å². The van der Waals surface area contributed by atoms with E-state index in [1.165, 1.54) is 10.2 Å². The third-order valence-electron chi connectivity index (χ3n) is 3.36. The fourth-order valence-electron chi connectivity index (χ4n) is 2.23. The number of aryl methyl sites for hydroxylation is 1. The maximum atomic E-state index is 12.5. The number of rotatable bonds is 4. The maximum absolute atomic E-state index is 12.5. The van der Waals surface area contributed by atoms with E-state index in [0.717, 1.165) is 23.9 Å². The van der Waals surface area contributed by atoms with Gasteiger partial charge in [0.15, 0.2) is 0 Å². The first-order valence-electron chi connectivity index (χ1n) is 6.78. The SMILES string of the molecule is O=C(C(I)CCc1ccccc1)n1nnc2ccccc21. The van der Waals surface area contributed by atoms with Crippen LogP contribution in [-0.2, 0) is 6.42 Å². The molecule has 1 unspecified atom stereocenters. The predicted octanol–water partition coefficient (Wildman–Crippen LogP) is 3.51. The number of alkyl halides is 1. The highest BCUT2D eigenvalue weighted by molar-refractivity contribution is 14.1. The Balaban J connectivity index is 1.72. The van der Waals surface area contributed by atoms with E-state index in [-0.39, 0.29) is 9.83 Å². The van der Waals surface area contributed by atoms with Crippen molar-refractivity contribution in [2.24, 2.45) is 0 Å². The normalized spacial score (nSPS) is 12.4. The lowest BCUT2D eigenvalue weighted by molar-refractivity contribution is 0.0900. The second-order valence-corrected chi connectivity index (χ2v) is 6.32. The van der Waals surface area contributed by atoms with Gasteiger partial charge in [0.2, 0.25) is 0 Å². The number of aromatic nitrogens is 3. The third kappa shape index (κ3) is 3.12. The largest absolute Gasteiger partial charge is 0.271 e. The van der Waals surface area contributed by atoms with E-state index in [0.29, 0.717) is 0 Å². The molecular weight excluding hydrogens is 377 g/mol. The summed E-state index contributed by atoms with van der Waals surface area (Å²) in [6, 6.07) is 17.7. The van der Waals surface area contributed by atoms with E-state index >= 15 is 0 Å². The van der Waals surface area contributed by atoms with Gasteiger partial charge < -0.3 is 0 Å². The zero-order chi connectivity index (χ0) is 14.7. The van der Waals surface area contributed by atoms with Crippen LogP contribution in [0.3, 0.4) is 0 Å². The van der Waals surface area contributed by atoms with E-state index in [1.54, 1.807) is 0 Å². The molecular formula is C16H14IN3O. The number of hydrogen-bond donors (Lipinski definition) is 0. The molecule has 0 spiro atoms. The van der Waals surface area contributed by atoms with Crippen molar-refractivity contribution in [2.75, 3.05) is 0 Å². The molecule has 0 aliphatic carbocycles. The second-order valence-electron chi connectivity index (χ2n) is 4.82. The molecule has 0 saturated carbocycles. The monoisotopic (exact) mass is 391 g/mol. The van der Waals surface area contributed by atoms with E-state index in [9.17, 15) is 4.79 Å². The van der Waals surface area contributed by atoms with Gasteiger partial charge in [-0.15, -0.1) is 5.10 Å². The first-order chi connectivity index (χ1) is 10.3. The lowest BCUT2D eigenvalue weighted by Gasteiger charge is -2.09. The molecule has 4 nitrogen and oxygen atoms in total. The van der Waals surface area contributed by atoms with E-state index in [1.807, 2.05) is 42.5 Å². The highest BCUT2D eigenvalue weighted by Crippen LogP contribution is 2.17. The highest BCUT2D eigenvalue weighted by atomic mass is 127. The van der Waals surface area contributed by atoms with Crippen LogP contribution in [0, 0.1) is 0 Å². The number of nitrogens with zero attached hydrogens (tertiary/aromatic N) is 3. The van der Waals surface area contributed by atoms with Gasteiger partial charge in [-0.05, 0) is 30.5 Å². The fraction of sp³-hybridized carbons (Fsp3) is 0.188. The molecule has 0 aliphatic heterocycles. The summed E-state index contributed by atoms with van der Waals surface area (Å²) in [5.41, 5.74) is 2.76. The van der Waals surface area contributed by atoms with Crippen molar-refractivity contribution in [3.05, 3.63) is 60.2 Å². The van der Waals surface area contributed by atoms with Crippen LogP contribution in [0.4, 0.5) is 0 Å². The Hall–Kier alpha value is -1.76. The Morgan fingerprint density at radius 3 is 2.62 bits per heavy atom. The average molecular weight is 391 g/mol. The third-order valence-corrected chi connectivity index (χ3v) is 4.51. The van der Waals surface area contributed by atoms with Crippen molar-refractivity contribution >= 4 is 39.5 Å². The first kappa shape index (κ1) is 14.2. The van der Waals surface area contributed by atoms with Crippen LogP contribution >= 0.6 is 22.6 Å². The van der Waals surface area contributed by atoms with Crippen molar-refractivity contribution in [1.29, 1.82) is 0 Å². The van der Waals surface area contributed by atoms with Crippen LogP contribution < -0.4 is 0 Å². The van der Waals surface area contributed by atoms with Crippen molar-refractivity contribution in [2.45, 2.75) is 16.8 Å². The van der Waals surface area contributed by atoms with Crippen molar-refractivity contribution in [3.63, 3.8) is 0 Å². The quantitative estimate of drug-likeness (QED) is 0.505. The Bertz CT molecular complexity index is 754. The zero-order valence-electron chi connectivity index (χ0n) is 11.3. The van der Waals surface area contributed by atoms with Gasteiger partial charge >= 0.3 is 0 Å². The molecule has 0 aliphatic rings. The Labute approximate surface area is 136 Å². The number of benzene rings is 2. The Morgan fingerprint density at radius 1 is 1.10 bits per heavy atom. The number of hydrogen-bond acceptors (Lipinski definition) is 3. The fourth-order valence-corrected chi connectivity index (χ4v) is 2.80. The molecule has 0 fully saturated rings. The molecule has 0 N–H and O–H groups in total. The van der Waals surface area contributed by atoms with Crippen LogP contribution in [0.2, 0.25) is 0 Å². The van der Waals surface area contributed by atoms with Gasteiger partial charge in [0.25, 0.3) is 5.91 Å². The first-order valence-corrected chi connectivity index (χ1v) is 8.03. The number of carbonyl (C=O) groups is 1. The van der Waals surface area contributed by atoms with Crippen molar-refractivity contribution in [3.8, 4) is 0 Å². The molecule has 5 heteroatoms. The summed E-state index contributed by atoms with van der Waals surface area (Å²) in [7, 11) is 0. The summed E-state index contributed by atoms with van der Waals surface area (Å²) in [6.45, 7) is 0. The molecule has 1 atom stereocenters. The van der Waals surface area contributed by atoms with E-state index < -0.39 is 0 Å². The van der Waals surface area contributed by atoms with Gasteiger partial charge in [0.05, 0.1) is 9.44 Å². The van der Waals surface area contributed by atoms with Crippen LogP contribution in [0.5, 0.6) is 0 Å². The number of fused-ring (bicyclic) bond motifs is 1. The summed E-state index contributed by atoms with van der Waals surface area (Å²) in [5.74, 6) is -0.0137. The topological polar surface area (TPSA) is 47.8 Å². The molecule has 3 aromatic rings. The van der Waals surface area contributed by atoms with Gasteiger partial charge in [0, 0.05) is 0 Å². The van der Waals surface area contributed by atoms with Crippen molar-refractivity contribution < 1.29 is 4.79 Å². The minimum absolute atomic E-state index is 0.0137. The Morgan fingerprint density at radius 2 is 1.81 bits per heavy atom. The van der Waals surface area contributed by atoms with Crippen LogP contribution in [-0.4, -0.2) is 24.8 Å². The molecule has 106 valence electrons. The molecule has 0 bridgehead atoms. The molecule has 0 saturated heterocycles. The van der Waals surface area contributed by atoms with E-state index in [4.69, 9.17) is 0 Å². The van der Waals surface area contributed by atoms with Gasteiger partial charge in [-0.2, -0.15) is 4.68 Å². The van der Waals surface area contributed by atoms with Gasteiger partial charge in [0.1, 0.15) is 5.52 Å². The van der Waals surface area contributed by atoms with E-state index in [2.05, 4.69) is 45.0 Å². The predicted molar refractivity (Wildman–Crippen MR) is 90.7 cm³/mol. The summed E-state index contributed by atoms with van der Waals surface area (Å²) < 4.78 is 1.30. The number of carbonyl (C=O) groups excluding carboxylic acids is 1. The lowest BCUT2D eigenvalue weighted by Crippen LogP contribution is -2.23. The smallest absolute Gasteiger partial charge is 0.261 e. The summed E-state index contributed by atoms with van der Waals surface area (Å²) in [6.07, 6.45) is 1.67. The Kier molecular flexibility index (Phi) is 4.28. The summed E-state index contributed by atoms with van der Waals surface area (Å²) >= 11 is 2.19. The highest BCUT2D eigenvalue weighted by Gasteiger charge is 2.20. The molecule has 2 aromatic carbocycles. The second kappa shape index (κ2) is 6.34. The molecule has 21 heavy (non-hydrogen) atoms. The van der Waals surface area contributed by atoms with Gasteiger partial charge in [-0.25, -0.2) is 0 Å². The molecule has 0 amide bonds. The zero-order valence-corrected chi connectivity index (χ0v) is 13.5. The average Bonchev–Trinajstić information content (AvgIpc) is 2.97. The molecule has 0 radical (unpaired) electrons. The molecule has 1 heterocycles. The maximum Gasteiger partial charge on any atom is 0.261 e. The molecule has 3 rings (SSSR count). The minimum atomic E-state index is -0.118. The summed E-state index contributed by atoms with van der Waals surface area (Å²) in [4.78, 5) is 12.5. The number of halogens is 1. The summed E-state index contributed by atoms with van der Waals surface area (Å²) in [5, 5.41) is 8.01. The minimum Gasteiger partial charge on any atom is -0.271 e. The van der Waals surface area contributed by atoms with Crippen LogP contribution in [0.15, 0.2) is 54.6 Å². The lowest BCUT2D eigenvalue weighted by atomic mass is 10.1. The van der Waals surface area contributed by atoms with Crippen LogP contribution in [0.1, 0.15) is 16.8 Å². The van der Waals surface area contributed by atoms with Crippen LogP contribution in [0.25, 0.3) is 11.0 Å². The number of para-hydroxylation sites is 1. The molecule has 1 aromatic heterocycles. The standard InChI is InChI=1S/C16H14IN3O/c17-13(11-10-12-6-2-1-3-7-12)16(21)20-15-9-5-4-8-14(15)18-19-20/h1-9,13H,10-11H2.